The molecule has 4 aliphatic heterocycles. The van der Waals surface area contributed by atoms with Gasteiger partial charge >= 0.3 is 0 Å². The molecule has 6 rings (SSSR count). The molecule has 8 nitrogen and oxygen atoms in total. The summed E-state index contributed by atoms with van der Waals surface area (Å²) in [7, 11) is 0. The summed E-state index contributed by atoms with van der Waals surface area (Å²) in [6, 6.07) is 8.79. The van der Waals surface area contributed by atoms with Gasteiger partial charge in [-0.2, -0.15) is 0 Å². The van der Waals surface area contributed by atoms with Crippen molar-refractivity contribution in [2.75, 3.05) is 61.1 Å². The molecule has 4 aliphatic rings. The second-order valence-electron chi connectivity index (χ2n) is 9.44. The molecule has 2 atom stereocenters. The van der Waals surface area contributed by atoms with Gasteiger partial charge in [0.05, 0.1) is 24.5 Å². The van der Waals surface area contributed by atoms with Gasteiger partial charge in [0, 0.05) is 56.3 Å². The van der Waals surface area contributed by atoms with Gasteiger partial charge in [0.25, 0.3) is 0 Å². The molecule has 178 valence electrons. The number of hydrogen-bond acceptors (Lipinski definition) is 7. The molecule has 1 aromatic heterocycles. The average Bonchev–Trinajstić information content (AvgIpc) is 3.22. The predicted octanol–water partition coefficient (Wildman–Crippen LogP) is 3.17. The zero-order chi connectivity index (χ0) is 23.1. The lowest BCUT2D eigenvalue weighted by Crippen LogP contribution is -2.47. The highest BCUT2D eigenvalue weighted by Crippen LogP contribution is 2.40. The molecular weight excluding hydrogens is 430 g/mol. The molecule has 5 heterocycles. The van der Waals surface area contributed by atoms with Crippen molar-refractivity contribution in [2.45, 2.75) is 25.5 Å². The third-order valence-electron chi connectivity index (χ3n) is 7.63. The van der Waals surface area contributed by atoms with Crippen molar-refractivity contribution in [3.05, 3.63) is 48.7 Å². The molecule has 1 amide bonds. The van der Waals surface area contributed by atoms with Crippen molar-refractivity contribution in [3.63, 3.8) is 0 Å². The smallest absolute Gasteiger partial charge is 0.246 e. The van der Waals surface area contributed by atoms with Gasteiger partial charge < -0.3 is 29.5 Å². The van der Waals surface area contributed by atoms with Crippen LogP contribution in [0.3, 0.4) is 0 Å². The standard InChI is InChI=1S/C26H31N5O3/c1-2-25(32)31-10-6-18-16-30(9-7-22(18)31)19-3-4-24-21(15-19)28-26-20(17-34-24)23(5-8-27-26)29-11-13-33-14-12-29/h2-5,8,15,18,22H,1,6-7,9-14,16-17H2,(H,27,28)/t18-,22+/m0/s1. The van der Waals surface area contributed by atoms with E-state index in [1.165, 1.54) is 11.8 Å². The van der Waals surface area contributed by atoms with Crippen molar-refractivity contribution in [3.8, 4) is 5.75 Å². The van der Waals surface area contributed by atoms with Crippen LogP contribution in [0.25, 0.3) is 0 Å². The van der Waals surface area contributed by atoms with E-state index in [0.717, 1.165) is 87.3 Å². The number of likely N-dealkylation sites (tertiary alicyclic amines) is 1. The van der Waals surface area contributed by atoms with Crippen LogP contribution in [0.4, 0.5) is 22.9 Å². The summed E-state index contributed by atoms with van der Waals surface area (Å²) in [5.74, 6) is 2.26. The van der Waals surface area contributed by atoms with Crippen LogP contribution in [0.2, 0.25) is 0 Å². The minimum Gasteiger partial charge on any atom is -0.486 e. The van der Waals surface area contributed by atoms with E-state index in [2.05, 4.69) is 50.9 Å². The van der Waals surface area contributed by atoms with Gasteiger partial charge in [0.15, 0.2) is 0 Å². The van der Waals surface area contributed by atoms with Crippen LogP contribution < -0.4 is 19.9 Å². The first kappa shape index (κ1) is 21.3. The lowest BCUT2D eigenvalue weighted by Gasteiger charge is -2.39. The lowest BCUT2D eigenvalue weighted by atomic mass is 9.92. The normalized spacial score (nSPS) is 23.7. The zero-order valence-electron chi connectivity index (χ0n) is 19.4. The number of carbonyl (C=O) groups is 1. The Morgan fingerprint density at radius 2 is 2.00 bits per heavy atom. The summed E-state index contributed by atoms with van der Waals surface area (Å²) in [6.45, 7) is 10.1. The molecule has 0 radical (unpaired) electrons. The molecule has 0 bridgehead atoms. The molecule has 3 fully saturated rings. The molecule has 0 aliphatic carbocycles. The fraction of sp³-hybridized carbons (Fsp3) is 0.462. The number of fused-ring (bicyclic) bond motifs is 3. The quantitative estimate of drug-likeness (QED) is 0.704. The molecule has 0 saturated carbocycles. The molecule has 34 heavy (non-hydrogen) atoms. The summed E-state index contributed by atoms with van der Waals surface area (Å²) in [4.78, 5) is 23.6. The van der Waals surface area contributed by atoms with E-state index in [0.29, 0.717) is 18.6 Å². The summed E-state index contributed by atoms with van der Waals surface area (Å²) >= 11 is 0. The van der Waals surface area contributed by atoms with Crippen LogP contribution in [-0.2, 0) is 16.1 Å². The van der Waals surface area contributed by atoms with Gasteiger partial charge in [-0.1, -0.05) is 6.58 Å². The van der Waals surface area contributed by atoms with Crippen LogP contribution in [0, 0.1) is 5.92 Å². The molecule has 3 saturated heterocycles. The first-order valence-corrected chi connectivity index (χ1v) is 12.2. The first-order valence-electron chi connectivity index (χ1n) is 12.2. The minimum absolute atomic E-state index is 0.0648. The molecular formula is C26H31N5O3. The Kier molecular flexibility index (Phi) is 5.53. The predicted molar refractivity (Wildman–Crippen MR) is 132 cm³/mol. The molecule has 2 aromatic rings. The van der Waals surface area contributed by atoms with Crippen molar-refractivity contribution in [1.29, 1.82) is 0 Å². The first-order chi connectivity index (χ1) is 16.7. The van der Waals surface area contributed by atoms with Gasteiger partial charge in [0.1, 0.15) is 18.2 Å². The van der Waals surface area contributed by atoms with Crippen molar-refractivity contribution >= 4 is 28.8 Å². The largest absolute Gasteiger partial charge is 0.486 e. The van der Waals surface area contributed by atoms with Crippen molar-refractivity contribution < 1.29 is 14.3 Å². The number of aromatic nitrogens is 1. The van der Waals surface area contributed by atoms with E-state index >= 15 is 0 Å². The number of hydrogen-bond donors (Lipinski definition) is 1. The molecule has 8 heteroatoms. The maximum absolute atomic E-state index is 12.2. The number of ether oxygens (including phenoxy) is 2. The fourth-order valence-electron chi connectivity index (χ4n) is 5.86. The van der Waals surface area contributed by atoms with E-state index < -0.39 is 0 Å². The number of pyridine rings is 1. The zero-order valence-corrected chi connectivity index (χ0v) is 19.4. The van der Waals surface area contributed by atoms with E-state index in [-0.39, 0.29) is 5.91 Å². The van der Waals surface area contributed by atoms with Crippen LogP contribution in [0.15, 0.2) is 43.1 Å². The van der Waals surface area contributed by atoms with Crippen molar-refractivity contribution in [2.24, 2.45) is 5.92 Å². The molecule has 0 unspecified atom stereocenters. The highest BCUT2D eigenvalue weighted by molar-refractivity contribution is 5.87. The Bertz CT molecular complexity index is 1100. The highest BCUT2D eigenvalue weighted by Gasteiger charge is 2.40. The number of morpholine rings is 1. The number of rotatable bonds is 3. The number of nitrogens with zero attached hydrogens (tertiary/aromatic N) is 4. The topological polar surface area (TPSA) is 70.2 Å². The summed E-state index contributed by atoms with van der Waals surface area (Å²) in [5, 5.41) is 3.55. The monoisotopic (exact) mass is 461 g/mol. The number of carbonyl (C=O) groups excluding carboxylic acids is 1. The number of piperidine rings is 1. The van der Waals surface area contributed by atoms with E-state index in [4.69, 9.17) is 9.47 Å². The Balaban J connectivity index is 1.22. The maximum atomic E-state index is 12.2. The minimum atomic E-state index is 0.0648. The van der Waals surface area contributed by atoms with Crippen LogP contribution in [0.5, 0.6) is 5.75 Å². The molecule has 0 spiro atoms. The second-order valence-corrected chi connectivity index (χ2v) is 9.44. The van der Waals surface area contributed by atoms with Crippen LogP contribution >= 0.6 is 0 Å². The Hall–Kier alpha value is -3.26. The Labute approximate surface area is 200 Å². The van der Waals surface area contributed by atoms with E-state index in [1.54, 1.807) is 0 Å². The SMILES string of the molecule is C=CC(=O)N1CC[C@H]2CN(c3ccc4c(c3)Nc3nccc(N5CCOCC5)c3CO4)CC[C@H]21. The third-order valence-corrected chi connectivity index (χ3v) is 7.63. The van der Waals surface area contributed by atoms with Gasteiger partial charge in [-0.3, -0.25) is 4.79 Å². The number of amides is 1. The highest BCUT2D eigenvalue weighted by atomic mass is 16.5. The van der Waals surface area contributed by atoms with Crippen LogP contribution in [0.1, 0.15) is 18.4 Å². The maximum Gasteiger partial charge on any atom is 0.246 e. The van der Waals surface area contributed by atoms with Gasteiger partial charge in [-0.05, 0) is 49.1 Å². The van der Waals surface area contributed by atoms with Gasteiger partial charge in [-0.15, -0.1) is 0 Å². The number of nitrogens with one attached hydrogen (secondary N) is 1. The van der Waals surface area contributed by atoms with E-state index in [1.807, 2.05) is 11.1 Å². The summed E-state index contributed by atoms with van der Waals surface area (Å²) in [5.41, 5.74) is 4.37. The third kappa shape index (κ3) is 3.76. The number of benzene rings is 1. The lowest BCUT2D eigenvalue weighted by molar-refractivity contribution is -0.127. The van der Waals surface area contributed by atoms with Crippen LogP contribution in [-0.4, -0.2) is 67.8 Å². The summed E-state index contributed by atoms with van der Waals surface area (Å²) in [6.07, 6.45) is 5.35. The average molecular weight is 462 g/mol. The molecule has 1 N–H and O–H groups in total. The Morgan fingerprint density at radius 1 is 1.12 bits per heavy atom. The van der Waals surface area contributed by atoms with Gasteiger partial charge in [0.2, 0.25) is 5.91 Å². The van der Waals surface area contributed by atoms with E-state index in [9.17, 15) is 4.79 Å². The molecule has 1 aromatic carbocycles. The van der Waals surface area contributed by atoms with Gasteiger partial charge in [-0.25, -0.2) is 4.98 Å². The Morgan fingerprint density at radius 3 is 2.85 bits per heavy atom. The number of anilines is 4. The second kappa shape index (κ2) is 8.83. The fourth-order valence-corrected chi connectivity index (χ4v) is 5.86. The summed E-state index contributed by atoms with van der Waals surface area (Å²) < 4.78 is 11.8. The van der Waals surface area contributed by atoms with Crippen molar-refractivity contribution in [1.82, 2.24) is 9.88 Å².